The van der Waals surface area contributed by atoms with E-state index >= 15 is 0 Å². The lowest BCUT2D eigenvalue weighted by atomic mass is 10.2. The quantitative estimate of drug-likeness (QED) is 0.302. The molecule has 0 aliphatic carbocycles. The van der Waals surface area contributed by atoms with E-state index in [0.717, 1.165) is 35.1 Å². The van der Waals surface area contributed by atoms with Gasteiger partial charge in [-0.05, 0) is 36.8 Å². The third-order valence-electron chi connectivity index (χ3n) is 4.46. The van der Waals surface area contributed by atoms with Crippen molar-refractivity contribution in [2.75, 3.05) is 42.0 Å². The zero-order chi connectivity index (χ0) is 21.2. The second kappa shape index (κ2) is 13.0. The Balaban J connectivity index is 0.00000450. The Labute approximate surface area is 196 Å². The molecule has 2 rings (SSSR count). The summed E-state index contributed by atoms with van der Waals surface area (Å²) >= 11 is 0. The first kappa shape index (κ1) is 25.7. The minimum atomic E-state index is 0. The molecule has 0 amide bonds. The van der Waals surface area contributed by atoms with Crippen LogP contribution in [-0.2, 0) is 13.1 Å². The van der Waals surface area contributed by atoms with Crippen LogP contribution in [0.2, 0.25) is 0 Å². The van der Waals surface area contributed by atoms with E-state index < -0.39 is 0 Å². The average molecular weight is 529 g/mol. The van der Waals surface area contributed by atoms with E-state index in [4.69, 9.17) is 23.9 Å². The summed E-state index contributed by atoms with van der Waals surface area (Å²) < 4.78 is 21.5. The van der Waals surface area contributed by atoms with Gasteiger partial charge in [0.2, 0.25) is 0 Å². The van der Waals surface area contributed by atoms with Crippen molar-refractivity contribution < 1.29 is 18.9 Å². The summed E-state index contributed by atoms with van der Waals surface area (Å²) in [5, 5.41) is 3.34. The van der Waals surface area contributed by atoms with Crippen molar-refractivity contribution in [3.05, 3.63) is 47.5 Å². The Morgan fingerprint density at radius 1 is 0.900 bits per heavy atom. The summed E-state index contributed by atoms with van der Waals surface area (Å²) in [4.78, 5) is 6.83. The van der Waals surface area contributed by atoms with Crippen LogP contribution in [-0.4, -0.2) is 52.9 Å². The summed E-state index contributed by atoms with van der Waals surface area (Å²) in [6, 6.07) is 11.6. The van der Waals surface area contributed by atoms with Crippen LogP contribution < -0.4 is 24.3 Å². The average Bonchev–Trinajstić information content (AvgIpc) is 2.76. The monoisotopic (exact) mass is 529 g/mol. The molecule has 0 aliphatic heterocycles. The van der Waals surface area contributed by atoms with Gasteiger partial charge in [0.25, 0.3) is 0 Å². The molecule has 0 aliphatic rings. The number of hydrogen-bond donors (Lipinski definition) is 1. The van der Waals surface area contributed by atoms with Gasteiger partial charge in [0.1, 0.15) is 11.5 Å². The Morgan fingerprint density at radius 3 is 2.20 bits per heavy atom. The molecule has 166 valence electrons. The van der Waals surface area contributed by atoms with Crippen molar-refractivity contribution in [3.8, 4) is 23.0 Å². The van der Waals surface area contributed by atoms with Gasteiger partial charge in [-0.1, -0.05) is 6.07 Å². The Morgan fingerprint density at radius 2 is 1.60 bits per heavy atom. The van der Waals surface area contributed by atoms with Gasteiger partial charge in [-0.25, -0.2) is 4.99 Å². The fraction of sp³-hybridized carbons (Fsp3) is 0.409. The van der Waals surface area contributed by atoms with Crippen LogP contribution in [0.25, 0.3) is 0 Å². The van der Waals surface area contributed by atoms with E-state index in [9.17, 15) is 0 Å². The maximum atomic E-state index is 5.51. The van der Waals surface area contributed by atoms with E-state index in [1.165, 1.54) is 0 Å². The number of halogens is 1. The highest BCUT2D eigenvalue weighted by Crippen LogP contribution is 2.28. The van der Waals surface area contributed by atoms with E-state index in [0.29, 0.717) is 24.6 Å². The van der Waals surface area contributed by atoms with Crippen LogP contribution in [0.1, 0.15) is 18.1 Å². The number of nitrogens with zero attached hydrogens (tertiary/aromatic N) is 2. The largest absolute Gasteiger partial charge is 0.497 e. The second-order valence-corrected chi connectivity index (χ2v) is 6.39. The molecule has 0 unspecified atom stereocenters. The summed E-state index contributed by atoms with van der Waals surface area (Å²) in [7, 11) is 8.56. The van der Waals surface area contributed by atoms with Gasteiger partial charge in [0.05, 0.1) is 35.0 Å². The molecule has 7 nitrogen and oxygen atoms in total. The molecule has 1 N–H and O–H groups in total. The molecule has 0 atom stereocenters. The Hall–Kier alpha value is -2.36. The molecule has 0 fully saturated rings. The number of nitrogens with one attached hydrogen (secondary N) is 1. The molecule has 0 saturated carbocycles. The third kappa shape index (κ3) is 6.86. The lowest BCUT2D eigenvalue weighted by molar-refractivity contribution is 0.354. The van der Waals surface area contributed by atoms with Gasteiger partial charge in [-0.3, -0.25) is 0 Å². The number of ether oxygens (including phenoxy) is 4. The highest BCUT2D eigenvalue weighted by molar-refractivity contribution is 14.0. The number of methoxy groups -OCH3 is 4. The zero-order valence-corrected chi connectivity index (χ0v) is 20.9. The molecule has 0 spiro atoms. The molecule has 2 aromatic rings. The van der Waals surface area contributed by atoms with Crippen LogP contribution >= 0.6 is 24.0 Å². The normalized spacial score (nSPS) is 10.7. The molecule has 30 heavy (non-hydrogen) atoms. The van der Waals surface area contributed by atoms with Crippen molar-refractivity contribution in [1.82, 2.24) is 10.2 Å². The van der Waals surface area contributed by atoms with Gasteiger partial charge in [-0.2, -0.15) is 0 Å². The van der Waals surface area contributed by atoms with Gasteiger partial charge < -0.3 is 29.2 Å². The van der Waals surface area contributed by atoms with Crippen molar-refractivity contribution >= 4 is 29.9 Å². The van der Waals surface area contributed by atoms with E-state index in [1.54, 1.807) is 28.4 Å². The van der Waals surface area contributed by atoms with Crippen LogP contribution in [0.5, 0.6) is 23.0 Å². The van der Waals surface area contributed by atoms with Crippen molar-refractivity contribution in [2.45, 2.75) is 20.0 Å². The fourth-order valence-electron chi connectivity index (χ4n) is 2.93. The SMILES string of the molecule is CCNC(=NCc1ccc(OC)c(OC)c1)N(C)Cc1ccc(OC)cc1OC.I. The van der Waals surface area contributed by atoms with Gasteiger partial charge in [0.15, 0.2) is 17.5 Å². The van der Waals surface area contributed by atoms with E-state index in [1.807, 2.05) is 50.4 Å². The predicted octanol–water partition coefficient (Wildman–Crippen LogP) is 3.94. The number of hydrogen-bond acceptors (Lipinski definition) is 5. The maximum absolute atomic E-state index is 5.51. The number of rotatable bonds is 9. The minimum absolute atomic E-state index is 0. The molecule has 2 aromatic carbocycles. The molecule has 0 saturated heterocycles. The predicted molar refractivity (Wildman–Crippen MR) is 131 cm³/mol. The minimum Gasteiger partial charge on any atom is -0.497 e. The highest BCUT2D eigenvalue weighted by Gasteiger charge is 2.12. The molecular weight excluding hydrogens is 497 g/mol. The summed E-state index contributed by atoms with van der Waals surface area (Å²) in [6.07, 6.45) is 0. The summed E-state index contributed by atoms with van der Waals surface area (Å²) in [5.41, 5.74) is 2.08. The molecule has 0 aromatic heterocycles. The number of guanidine groups is 1. The second-order valence-electron chi connectivity index (χ2n) is 6.39. The van der Waals surface area contributed by atoms with E-state index in [2.05, 4.69) is 10.2 Å². The number of aliphatic imine (C=N–C) groups is 1. The van der Waals surface area contributed by atoms with Crippen molar-refractivity contribution in [2.24, 2.45) is 4.99 Å². The van der Waals surface area contributed by atoms with Gasteiger partial charge in [-0.15, -0.1) is 24.0 Å². The van der Waals surface area contributed by atoms with Crippen LogP contribution in [0.3, 0.4) is 0 Å². The molecule has 0 radical (unpaired) electrons. The Bertz CT molecular complexity index is 830. The standard InChI is InChI=1S/C22H31N3O4.HI/c1-7-23-22(24-14-16-8-11-19(27-4)21(12-16)29-6)25(2)15-17-9-10-18(26-3)13-20(17)28-5;/h8-13H,7,14-15H2,1-6H3,(H,23,24);1H. The highest BCUT2D eigenvalue weighted by atomic mass is 127. The van der Waals surface area contributed by atoms with Gasteiger partial charge in [0, 0.05) is 31.8 Å². The van der Waals surface area contributed by atoms with Crippen molar-refractivity contribution in [3.63, 3.8) is 0 Å². The molecule has 0 bridgehead atoms. The summed E-state index contributed by atoms with van der Waals surface area (Å²) in [5.74, 6) is 3.76. The smallest absolute Gasteiger partial charge is 0.194 e. The first-order valence-corrected chi connectivity index (χ1v) is 9.47. The molecular formula is C22H32IN3O4. The zero-order valence-electron chi connectivity index (χ0n) is 18.5. The van der Waals surface area contributed by atoms with Gasteiger partial charge >= 0.3 is 0 Å². The lowest BCUT2D eigenvalue weighted by Crippen LogP contribution is -2.38. The summed E-state index contributed by atoms with van der Waals surface area (Å²) in [6.45, 7) is 3.99. The Kier molecular flexibility index (Phi) is 11.2. The first-order valence-electron chi connectivity index (χ1n) is 9.47. The van der Waals surface area contributed by atoms with E-state index in [-0.39, 0.29) is 24.0 Å². The third-order valence-corrected chi connectivity index (χ3v) is 4.46. The van der Waals surface area contributed by atoms with Crippen LogP contribution in [0.4, 0.5) is 0 Å². The van der Waals surface area contributed by atoms with Crippen molar-refractivity contribution in [1.29, 1.82) is 0 Å². The molecule has 8 heteroatoms. The molecule has 0 heterocycles. The number of benzene rings is 2. The fourth-order valence-corrected chi connectivity index (χ4v) is 2.93. The topological polar surface area (TPSA) is 64.6 Å². The lowest BCUT2D eigenvalue weighted by Gasteiger charge is -2.23. The van der Waals surface area contributed by atoms with Crippen LogP contribution in [0.15, 0.2) is 41.4 Å². The van der Waals surface area contributed by atoms with Crippen LogP contribution in [0, 0.1) is 0 Å². The first-order chi connectivity index (χ1) is 14.1. The maximum Gasteiger partial charge on any atom is 0.194 e.